The van der Waals surface area contributed by atoms with Crippen LogP contribution in [0.1, 0.15) is 9.67 Å². The molecule has 0 saturated carbocycles. The molecule has 0 spiro atoms. The van der Waals surface area contributed by atoms with Gasteiger partial charge in [-0.1, -0.05) is 0 Å². The van der Waals surface area contributed by atoms with Crippen LogP contribution in [-0.4, -0.2) is 53.0 Å². The number of nitrogens with one attached hydrogen (secondary N) is 1. The van der Waals surface area contributed by atoms with E-state index in [2.05, 4.69) is 5.32 Å². The average molecular weight is 486 g/mol. The molecule has 1 aliphatic heterocycles. The van der Waals surface area contributed by atoms with E-state index in [1.54, 1.807) is 18.2 Å². The molecule has 1 amide bonds. The lowest BCUT2D eigenvalue weighted by molar-refractivity contribution is -0.119. The second kappa shape index (κ2) is 10.3. The molecule has 4 rings (SSSR count). The molecule has 0 radical (unpaired) electrons. The van der Waals surface area contributed by atoms with Gasteiger partial charge in [0.15, 0.2) is 29.6 Å². The number of fused-ring (bicyclic) bond motifs is 1. The predicted octanol–water partition coefficient (Wildman–Crippen LogP) is 4.01. The summed E-state index contributed by atoms with van der Waals surface area (Å²) in [6.07, 6.45) is 0. The van der Waals surface area contributed by atoms with Crippen LogP contribution < -0.4 is 29.0 Å². The van der Waals surface area contributed by atoms with Gasteiger partial charge in [0.25, 0.3) is 5.91 Å². The molecule has 1 N–H and O–H groups in total. The number of thiophene rings is 1. The van der Waals surface area contributed by atoms with Gasteiger partial charge in [0.05, 0.1) is 21.3 Å². The van der Waals surface area contributed by atoms with Crippen LogP contribution in [0.4, 0.5) is 5.69 Å². The van der Waals surface area contributed by atoms with Gasteiger partial charge in [0.2, 0.25) is 5.75 Å². The Labute approximate surface area is 200 Å². The number of ether oxygens (including phenoxy) is 6. The fourth-order valence-electron chi connectivity index (χ4n) is 3.35. The summed E-state index contributed by atoms with van der Waals surface area (Å²) < 4.78 is 32.1. The van der Waals surface area contributed by atoms with Gasteiger partial charge in [-0.15, -0.1) is 11.3 Å². The Bertz CT molecular complexity index is 1180. The fourth-order valence-corrected chi connectivity index (χ4v) is 4.25. The third kappa shape index (κ3) is 5.01. The molecule has 1 aliphatic rings. The van der Waals surface area contributed by atoms with Gasteiger partial charge in [-0.3, -0.25) is 4.79 Å². The van der Waals surface area contributed by atoms with Crippen molar-refractivity contribution in [2.24, 2.45) is 0 Å². The second-order valence-electron chi connectivity index (χ2n) is 7.06. The third-order valence-electron chi connectivity index (χ3n) is 4.92. The fraction of sp³-hybridized carbons (Fsp3) is 0.250. The van der Waals surface area contributed by atoms with Crippen molar-refractivity contribution >= 4 is 28.9 Å². The van der Waals surface area contributed by atoms with Crippen LogP contribution in [0.15, 0.2) is 42.5 Å². The summed E-state index contributed by atoms with van der Waals surface area (Å²) in [6.45, 7) is 0.567. The highest BCUT2D eigenvalue weighted by Crippen LogP contribution is 2.40. The van der Waals surface area contributed by atoms with Crippen molar-refractivity contribution in [3.05, 3.63) is 47.3 Å². The average Bonchev–Trinajstić information content (AvgIpc) is 3.37. The van der Waals surface area contributed by atoms with Gasteiger partial charge >= 0.3 is 5.97 Å². The first-order valence-electron chi connectivity index (χ1n) is 10.3. The Kier molecular flexibility index (Phi) is 7.07. The number of amides is 1. The molecule has 1 aromatic heterocycles. The van der Waals surface area contributed by atoms with Crippen molar-refractivity contribution in [1.82, 2.24) is 0 Å². The molecule has 0 fully saturated rings. The molecule has 0 bridgehead atoms. The van der Waals surface area contributed by atoms with E-state index in [0.29, 0.717) is 52.5 Å². The summed E-state index contributed by atoms with van der Waals surface area (Å²) in [5, 5.41) is 2.66. The van der Waals surface area contributed by atoms with E-state index in [-0.39, 0.29) is 0 Å². The number of rotatable bonds is 8. The summed E-state index contributed by atoms with van der Waals surface area (Å²) in [7, 11) is 4.44. The maximum absolute atomic E-state index is 12.5. The number of esters is 1. The summed E-state index contributed by atoms with van der Waals surface area (Å²) in [5.41, 5.74) is 1.31. The minimum atomic E-state index is -0.589. The van der Waals surface area contributed by atoms with Crippen LogP contribution in [0, 0.1) is 0 Å². The molecule has 9 nitrogen and oxygen atoms in total. The number of carbonyl (C=O) groups excluding carboxylic acids is 2. The maximum atomic E-state index is 12.5. The lowest BCUT2D eigenvalue weighted by atomic mass is 10.1. The van der Waals surface area contributed by atoms with Crippen LogP contribution in [0.25, 0.3) is 10.4 Å². The van der Waals surface area contributed by atoms with Crippen molar-refractivity contribution in [3.8, 4) is 39.2 Å². The maximum Gasteiger partial charge on any atom is 0.348 e. The summed E-state index contributed by atoms with van der Waals surface area (Å²) in [5.74, 6) is 1.45. The van der Waals surface area contributed by atoms with E-state index in [9.17, 15) is 9.59 Å². The van der Waals surface area contributed by atoms with E-state index in [1.165, 1.54) is 32.7 Å². The third-order valence-corrected chi connectivity index (χ3v) is 6.03. The molecule has 10 heteroatoms. The van der Waals surface area contributed by atoms with E-state index >= 15 is 0 Å². The Hall–Kier alpha value is -3.92. The van der Waals surface area contributed by atoms with E-state index in [4.69, 9.17) is 28.4 Å². The Balaban J connectivity index is 1.37. The molecule has 0 saturated heterocycles. The Morgan fingerprint density at radius 1 is 0.912 bits per heavy atom. The number of anilines is 1. The van der Waals surface area contributed by atoms with Crippen molar-refractivity contribution in [3.63, 3.8) is 0 Å². The van der Waals surface area contributed by atoms with Gasteiger partial charge in [-0.25, -0.2) is 4.79 Å². The first kappa shape index (κ1) is 23.2. The van der Waals surface area contributed by atoms with Gasteiger partial charge in [0, 0.05) is 22.7 Å². The summed E-state index contributed by atoms with van der Waals surface area (Å²) >= 11 is 1.26. The molecule has 0 unspecified atom stereocenters. The lowest BCUT2D eigenvalue weighted by Gasteiger charge is -2.18. The van der Waals surface area contributed by atoms with Gasteiger partial charge < -0.3 is 33.7 Å². The van der Waals surface area contributed by atoms with Crippen LogP contribution in [0.3, 0.4) is 0 Å². The zero-order valence-electron chi connectivity index (χ0n) is 18.8. The molecule has 178 valence electrons. The van der Waals surface area contributed by atoms with Crippen molar-refractivity contribution in [1.29, 1.82) is 0 Å². The SMILES string of the molecule is COc1cc(NC(=O)COC(=O)c2ccc(-c3ccc4c(c3)OCCO4)s2)cc(OC)c1OC. The second-order valence-corrected chi connectivity index (χ2v) is 8.14. The smallest absolute Gasteiger partial charge is 0.348 e. The zero-order chi connectivity index (χ0) is 24.1. The molecule has 0 aliphatic carbocycles. The zero-order valence-corrected chi connectivity index (χ0v) is 19.7. The van der Waals surface area contributed by atoms with Crippen LogP contribution in [0.2, 0.25) is 0 Å². The highest BCUT2D eigenvalue weighted by atomic mass is 32.1. The number of methoxy groups -OCH3 is 3. The van der Waals surface area contributed by atoms with Gasteiger partial charge in [-0.05, 0) is 35.9 Å². The molecule has 2 heterocycles. The monoisotopic (exact) mass is 485 g/mol. The van der Waals surface area contributed by atoms with E-state index in [1.807, 2.05) is 24.3 Å². The molecule has 0 atom stereocenters. The van der Waals surface area contributed by atoms with Crippen molar-refractivity contribution < 1.29 is 38.0 Å². The number of hydrogen-bond acceptors (Lipinski definition) is 9. The lowest BCUT2D eigenvalue weighted by Crippen LogP contribution is -2.20. The number of benzene rings is 2. The molecular formula is C24H23NO8S. The quantitative estimate of drug-likeness (QED) is 0.478. The number of hydrogen-bond donors (Lipinski definition) is 1. The minimum absolute atomic E-state index is 0.380. The Morgan fingerprint density at radius 3 is 2.29 bits per heavy atom. The van der Waals surface area contributed by atoms with E-state index in [0.717, 1.165) is 10.4 Å². The highest BCUT2D eigenvalue weighted by molar-refractivity contribution is 7.17. The first-order chi connectivity index (χ1) is 16.5. The first-order valence-corrected chi connectivity index (χ1v) is 11.1. The molecule has 3 aromatic rings. The normalized spacial score (nSPS) is 12.0. The van der Waals surface area contributed by atoms with Crippen LogP contribution in [0.5, 0.6) is 28.7 Å². The van der Waals surface area contributed by atoms with Gasteiger partial charge in [0.1, 0.15) is 18.1 Å². The summed E-state index contributed by atoms with van der Waals surface area (Å²) in [4.78, 5) is 26.1. The topological polar surface area (TPSA) is 102 Å². The molecular weight excluding hydrogens is 462 g/mol. The van der Waals surface area contributed by atoms with E-state index < -0.39 is 18.5 Å². The van der Waals surface area contributed by atoms with Gasteiger partial charge in [-0.2, -0.15) is 0 Å². The standard InChI is InChI=1S/C24H23NO8S/c1-28-18-11-15(12-19(29-2)23(18)30-3)25-22(26)13-33-24(27)21-7-6-20(34-21)14-4-5-16-17(10-14)32-9-8-31-16/h4-7,10-12H,8-9,13H2,1-3H3,(H,25,26). The predicted molar refractivity (Wildman–Crippen MR) is 126 cm³/mol. The van der Waals surface area contributed by atoms with Crippen molar-refractivity contribution in [2.45, 2.75) is 0 Å². The number of carbonyl (C=O) groups is 2. The van der Waals surface area contributed by atoms with Crippen molar-refractivity contribution in [2.75, 3.05) is 46.5 Å². The van der Waals surface area contributed by atoms with Crippen LogP contribution in [-0.2, 0) is 9.53 Å². The molecule has 2 aromatic carbocycles. The van der Waals surface area contributed by atoms with Crippen LogP contribution >= 0.6 is 11.3 Å². The minimum Gasteiger partial charge on any atom is -0.493 e. The largest absolute Gasteiger partial charge is 0.493 e. The Morgan fingerprint density at radius 2 is 1.62 bits per heavy atom. The molecule has 34 heavy (non-hydrogen) atoms. The summed E-state index contributed by atoms with van der Waals surface area (Å²) in [6, 6.07) is 12.3. The highest BCUT2D eigenvalue weighted by Gasteiger charge is 2.18.